The second kappa shape index (κ2) is 8.10. The maximum Gasteiger partial charge on any atom is 0.227 e. The number of rotatable bonds is 5. The second-order valence-corrected chi connectivity index (χ2v) is 7.88. The first-order valence-corrected chi connectivity index (χ1v) is 9.99. The molecule has 3 aromatic rings. The van der Waals surface area contributed by atoms with Crippen LogP contribution < -0.4 is 10.2 Å². The van der Waals surface area contributed by atoms with E-state index in [1.165, 1.54) is 5.56 Å². The highest BCUT2D eigenvalue weighted by Gasteiger charge is 2.35. The zero-order valence-corrected chi connectivity index (χ0v) is 17.4. The fraction of sp³-hybridized carbons (Fsp3) is 0.304. The highest BCUT2D eigenvalue weighted by Crippen LogP contribution is 2.27. The Bertz CT molecular complexity index is 1100. The van der Waals surface area contributed by atoms with E-state index in [2.05, 4.69) is 15.4 Å². The number of pyridine rings is 1. The maximum absolute atomic E-state index is 12.7. The van der Waals surface area contributed by atoms with Crippen molar-refractivity contribution in [2.75, 3.05) is 11.4 Å². The van der Waals surface area contributed by atoms with Crippen molar-refractivity contribution in [3.63, 3.8) is 0 Å². The molecule has 1 aromatic carbocycles. The lowest BCUT2D eigenvalue weighted by atomic mass is 10.1. The van der Waals surface area contributed by atoms with Gasteiger partial charge in [0.1, 0.15) is 0 Å². The van der Waals surface area contributed by atoms with Gasteiger partial charge in [-0.2, -0.15) is 5.10 Å². The third kappa shape index (κ3) is 4.10. The largest absolute Gasteiger partial charge is 0.352 e. The van der Waals surface area contributed by atoms with E-state index in [1.54, 1.807) is 28.2 Å². The van der Waals surface area contributed by atoms with Crippen molar-refractivity contribution in [3.8, 4) is 11.1 Å². The lowest BCUT2D eigenvalue weighted by Gasteiger charge is -2.18. The van der Waals surface area contributed by atoms with Crippen LogP contribution in [-0.4, -0.2) is 33.1 Å². The molecule has 2 amide bonds. The number of hydrogen-bond acceptors (Lipinski definition) is 4. The number of nitrogens with zero attached hydrogens (tertiary/aromatic N) is 4. The molecule has 1 atom stereocenters. The summed E-state index contributed by atoms with van der Waals surface area (Å²) in [5.41, 5.74) is 6.00. The predicted molar refractivity (Wildman–Crippen MR) is 115 cm³/mol. The zero-order chi connectivity index (χ0) is 21.3. The van der Waals surface area contributed by atoms with Gasteiger partial charge in [0.2, 0.25) is 11.8 Å². The van der Waals surface area contributed by atoms with Gasteiger partial charge in [-0.3, -0.25) is 19.3 Å². The van der Waals surface area contributed by atoms with Crippen LogP contribution in [0.15, 0.2) is 49.1 Å². The van der Waals surface area contributed by atoms with E-state index < -0.39 is 0 Å². The normalized spacial score (nSPS) is 16.2. The Morgan fingerprint density at radius 2 is 1.97 bits per heavy atom. The Balaban J connectivity index is 1.39. The molecular formula is C23H25N5O2. The topological polar surface area (TPSA) is 80.1 Å². The molecule has 1 saturated heterocycles. The lowest BCUT2D eigenvalue weighted by Crippen LogP contribution is -2.32. The summed E-state index contributed by atoms with van der Waals surface area (Å²) < 4.78 is 1.74. The predicted octanol–water partition coefficient (Wildman–Crippen LogP) is 2.77. The van der Waals surface area contributed by atoms with Gasteiger partial charge in [0.05, 0.1) is 12.1 Å². The zero-order valence-electron chi connectivity index (χ0n) is 17.4. The van der Waals surface area contributed by atoms with Gasteiger partial charge in [0.15, 0.2) is 0 Å². The van der Waals surface area contributed by atoms with Crippen molar-refractivity contribution in [2.45, 2.75) is 26.8 Å². The standard InChI is InChI=1S/C23H25N5O2/c1-15-4-5-21(6-16(15)2)28-14-19(8-22(28)29)23(30)25-10-17-7-18(11-24-9-17)20-12-26-27(3)13-20/h4-7,9,11-13,19H,8,10,14H2,1-3H3,(H,25,30)/t19-/m1/s1. The second-order valence-electron chi connectivity index (χ2n) is 7.88. The molecule has 2 aromatic heterocycles. The van der Waals surface area contributed by atoms with Crippen molar-refractivity contribution in [1.29, 1.82) is 0 Å². The fourth-order valence-electron chi connectivity index (χ4n) is 3.67. The minimum absolute atomic E-state index is 0.0151. The Hall–Kier alpha value is -3.48. The number of carbonyl (C=O) groups is 2. The molecule has 7 heteroatoms. The average Bonchev–Trinajstić information content (AvgIpc) is 3.34. The summed E-state index contributed by atoms with van der Waals surface area (Å²) >= 11 is 0. The Kier molecular flexibility index (Phi) is 5.35. The molecule has 1 aliphatic heterocycles. The number of carbonyl (C=O) groups excluding carboxylic acids is 2. The van der Waals surface area contributed by atoms with E-state index in [1.807, 2.05) is 51.4 Å². The molecule has 0 aliphatic carbocycles. The molecule has 0 spiro atoms. The minimum Gasteiger partial charge on any atom is -0.352 e. The van der Waals surface area contributed by atoms with Crippen LogP contribution in [0.1, 0.15) is 23.1 Å². The highest BCUT2D eigenvalue weighted by atomic mass is 16.2. The molecule has 0 bridgehead atoms. The fourth-order valence-corrected chi connectivity index (χ4v) is 3.67. The number of aromatic nitrogens is 3. The van der Waals surface area contributed by atoms with E-state index in [0.717, 1.165) is 27.9 Å². The van der Waals surface area contributed by atoms with E-state index in [0.29, 0.717) is 13.1 Å². The molecule has 0 radical (unpaired) electrons. The highest BCUT2D eigenvalue weighted by molar-refractivity contribution is 6.00. The summed E-state index contributed by atoms with van der Waals surface area (Å²) in [6.07, 6.45) is 7.45. The molecule has 154 valence electrons. The van der Waals surface area contributed by atoms with Crippen LogP contribution in [0, 0.1) is 19.8 Å². The van der Waals surface area contributed by atoms with Gasteiger partial charge in [0.25, 0.3) is 0 Å². The molecule has 0 saturated carbocycles. The Morgan fingerprint density at radius 3 is 2.70 bits per heavy atom. The molecule has 1 aliphatic rings. The first-order valence-electron chi connectivity index (χ1n) is 9.99. The van der Waals surface area contributed by atoms with Crippen LogP contribution in [0.4, 0.5) is 5.69 Å². The number of anilines is 1. The van der Waals surface area contributed by atoms with Crippen LogP contribution in [0.5, 0.6) is 0 Å². The summed E-state index contributed by atoms with van der Waals surface area (Å²) in [4.78, 5) is 31.2. The smallest absolute Gasteiger partial charge is 0.227 e. The first kappa shape index (κ1) is 19.8. The number of nitrogens with one attached hydrogen (secondary N) is 1. The molecule has 4 rings (SSSR count). The van der Waals surface area contributed by atoms with Crippen molar-refractivity contribution < 1.29 is 9.59 Å². The van der Waals surface area contributed by atoms with Crippen LogP contribution in [0.2, 0.25) is 0 Å². The molecule has 1 N–H and O–H groups in total. The molecular weight excluding hydrogens is 378 g/mol. The average molecular weight is 403 g/mol. The van der Waals surface area contributed by atoms with Crippen LogP contribution in [-0.2, 0) is 23.2 Å². The minimum atomic E-state index is -0.353. The van der Waals surface area contributed by atoms with Crippen molar-refractivity contribution in [3.05, 3.63) is 65.7 Å². The van der Waals surface area contributed by atoms with Gasteiger partial charge in [-0.1, -0.05) is 6.07 Å². The molecule has 30 heavy (non-hydrogen) atoms. The summed E-state index contributed by atoms with van der Waals surface area (Å²) in [6.45, 7) is 4.84. The van der Waals surface area contributed by atoms with Crippen molar-refractivity contribution in [2.24, 2.45) is 13.0 Å². The molecule has 3 heterocycles. The van der Waals surface area contributed by atoms with Gasteiger partial charge >= 0.3 is 0 Å². The SMILES string of the molecule is Cc1ccc(N2C[C@H](C(=O)NCc3cncc(-c4cnn(C)c4)c3)CC2=O)cc1C. The maximum atomic E-state index is 12.7. The summed E-state index contributed by atoms with van der Waals surface area (Å²) in [5.74, 6) is -0.478. The van der Waals surface area contributed by atoms with Crippen LogP contribution in [0.3, 0.4) is 0 Å². The number of hydrogen-bond donors (Lipinski definition) is 1. The van der Waals surface area contributed by atoms with Gasteiger partial charge in [-0.25, -0.2) is 0 Å². The van der Waals surface area contributed by atoms with Gasteiger partial charge < -0.3 is 10.2 Å². The van der Waals surface area contributed by atoms with Gasteiger partial charge in [-0.05, 0) is 48.7 Å². The van der Waals surface area contributed by atoms with Crippen molar-refractivity contribution in [1.82, 2.24) is 20.1 Å². The van der Waals surface area contributed by atoms with Crippen molar-refractivity contribution >= 4 is 17.5 Å². The summed E-state index contributed by atoms with van der Waals surface area (Å²) in [7, 11) is 1.87. The van der Waals surface area contributed by atoms with Crippen LogP contribution in [0.25, 0.3) is 11.1 Å². The number of aryl methyl sites for hydroxylation is 3. The van der Waals surface area contributed by atoms with E-state index in [9.17, 15) is 9.59 Å². The van der Waals surface area contributed by atoms with E-state index >= 15 is 0 Å². The van der Waals surface area contributed by atoms with Gasteiger partial charge in [0, 0.05) is 62.0 Å². The number of benzene rings is 1. The van der Waals surface area contributed by atoms with E-state index in [4.69, 9.17) is 0 Å². The monoisotopic (exact) mass is 403 g/mol. The van der Waals surface area contributed by atoms with E-state index in [-0.39, 0.29) is 24.2 Å². The third-order valence-corrected chi connectivity index (χ3v) is 5.60. The third-order valence-electron chi connectivity index (χ3n) is 5.60. The molecule has 1 fully saturated rings. The quantitative estimate of drug-likeness (QED) is 0.710. The van der Waals surface area contributed by atoms with Gasteiger partial charge in [-0.15, -0.1) is 0 Å². The summed E-state index contributed by atoms with van der Waals surface area (Å²) in [5, 5.41) is 7.14. The summed E-state index contributed by atoms with van der Waals surface area (Å²) in [6, 6.07) is 7.94. The van der Waals surface area contributed by atoms with Crippen LogP contribution >= 0.6 is 0 Å². The molecule has 0 unspecified atom stereocenters. The Morgan fingerprint density at radius 1 is 1.13 bits per heavy atom. The molecule has 7 nitrogen and oxygen atoms in total. The number of amides is 2. The first-order chi connectivity index (χ1) is 14.4. The Labute approximate surface area is 175 Å². The lowest BCUT2D eigenvalue weighted by molar-refractivity contribution is -0.126.